The van der Waals surface area contributed by atoms with Gasteiger partial charge < -0.3 is 4.90 Å². The van der Waals surface area contributed by atoms with E-state index in [9.17, 15) is 17.6 Å². The number of sulfonamides is 1. The number of piperazine rings is 1. The Morgan fingerprint density at radius 1 is 1.11 bits per heavy atom. The van der Waals surface area contributed by atoms with Crippen LogP contribution in [-0.4, -0.2) is 49.7 Å². The molecule has 1 saturated heterocycles. The Morgan fingerprint density at radius 2 is 1.79 bits per heavy atom. The molecule has 0 saturated carbocycles. The lowest BCUT2D eigenvalue weighted by atomic mass is 10.1. The minimum Gasteiger partial charge on any atom is -0.340 e. The molecule has 1 amide bonds. The van der Waals surface area contributed by atoms with Crippen molar-refractivity contribution in [2.45, 2.75) is 11.3 Å². The number of hydrogen-bond donors (Lipinski definition) is 0. The van der Waals surface area contributed by atoms with Crippen LogP contribution in [0.4, 0.5) is 4.39 Å². The number of hydrogen-bond acceptors (Lipinski definition) is 4. The number of halogens is 2. The summed E-state index contributed by atoms with van der Waals surface area (Å²) < 4.78 is 40.8. The summed E-state index contributed by atoms with van der Waals surface area (Å²) >= 11 is 5.97. The summed E-state index contributed by atoms with van der Waals surface area (Å²) in [6, 6.07) is 12.1. The molecule has 0 bridgehead atoms. The summed E-state index contributed by atoms with van der Waals surface area (Å²) in [4.78, 5) is 13.9. The zero-order valence-corrected chi connectivity index (χ0v) is 16.4. The van der Waals surface area contributed by atoms with E-state index < -0.39 is 15.8 Å². The van der Waals surface area contributed by atoms with Gasteiger partial charge >= 0.3 is 0 Å². The van der Waals surface area contributed by atoms with Crippen molar-refractivity contribution >= 4 is 27.5 Å². The summed E-state index contributed by atoms with van der Waals surface area (Å²) in [7, 11) is -3.83. The van der Waals surface area contributed by atoms with E-state index in [0.29, 0.717) is 0 Å². The first kappa shape index (κ1) is 20.3. The lowest BCUT2D eigenvalue weighted by Gasteiger charge is -2.34. The molecule has 0 aromatic heterocycles. The van der Waals surface area contributed by atoms with Crippen LogP contribution in [0.15, 0.2) is 47.4 Å². The van der Waals surface area contributed by atoms with Gasteiger partial charge in [-0.05, 0) is 24.3 Å². The van der Waals surface area contributed by atoms with Crippen LogP contribution in [0.5, 0.6) is 0 Å². The molecule has 1 aliphatic rings. The standard InChI is InChI=1S/C19H17ClFN3O3S/c20-16-5-3-6-17(21)15(16)12-19(25)23-8-10-24(11-9-23)28(26,27)18-7-2-1-4-14(18)13-22/h1-7H,8-12H2. The Morgan fingerprint density at radius 3 is 2.43 bits per heavy atom. The Labute approximate surface area is 167 Å². The highest BCUT2D eigenvalue weighted by Gasteiger charge is 2.31. The molecule has 0 aliphatic carbocycles. The summed E-state index contributed by atoms with van der Waals surface area (Å²) in [6.07, 6.45) is -0.185. The fourth-order valence-corrected chi connectivity index (χ4v) is 4.86. The number of amides is 1. The molecular formula is C19H17ClFN3O3S. The smallest absolute Gasteiger partial charge is 0.244 e. The monoisotopic (exact) mass is 421 g/mol. The highest BCUT2D eigenvalue weighted by molar-refractivity contribution is 7.89. The molecule has 2 aromatic rings. The Hall–Kier alpha value is -2.47. The number of carbonyl (C=O) groups excluding carboxylic acids is 1. The fourth-order valence-electron chi connectivity index (χ4n) is 3.07. The first-order valence-electron chi connectivity index (χ1n) is 8.54. The predicted octanol–water partition coefficient (Wildman–Crippen LogP) is 2.43. The maximum atomic E-state index is 13.9. The lowest BCUT2D eigenvalue weighted by Crippen LogP contribution is -2.51. The van der Waals surface area contributed by atoms with Gasteiger partial charge in [0.1, 0.15) is 11.9 Å². The molecule has 1 aliphatic heterocycles. The second kappa shape index (κ2) is 8.27. The van der Waals surface area contributed by atoms with Crippen molar-refractivity contribution in [2.24, 2.45) is 0 Å². The van der Waals surface area contributed by atoms with E-state index >= 15 is 0 Å². The molecule has 146 valence electrons. The molecule has 0 atom stereocenters. The van der Waals surface area contributed by atoms with Crippen LogP contribution in [-0.2, 0) is 21.2 Å². The molecular weight excluding hydrogens is 405 g/mol. The SMILES string of the molecule is N#Cc1ccccc1S(=O)(=O)N1CCN(C(=O)Cc2c(F)cccc2Cl)CC1. The van der Waals surface area contributed by atoms with Gasteiger partial charge in [-0.15, -0.1) is 0 Å². The summed E-state index contributed by atoms with van der Waals surface area (Å²) in [6.45, 7) is 0.551. The molecule has 0 unspecified atom stereocenters. The lowest BCUT2D eigenvalue weighted by molar-refractivity contribution is -0.131. The zero-order valence-electron chi connectivity index (χ0n) is 14.8. The number of nitrogens with zero attached hydrogens (tertiary/aromatic N) is 3. The Balaban J connectivity index is 1.69. The fraction of sp³-hybridized carbons (Fsp3) is 0.263. The van der Waals surface area contributed by atoms with E-state index in [4.69, 9.17) is 16.9 Å². The van der Waals surface area contributed by atoms with Crippen molar-refractivity contribution < 1.29 is 17.6 Å². The van der Waals surface area contributed by atoms with Gasteiger partial charge in [0, 0.05) is 36.8 Å². The van der Waals surface area contributed by atoms with Crippen LogP contribution in [0, 0.1) is 17.1 Å². The molecule has 3 rings (SSSR count). The second-order valence-electron chi connectivity index (χ2n) is 6.27. The molecule has 1 heterocycles. The molecule has 2 aromatic carbocycles. The Bertz CT molecular complexity index is 1020. The molecule has 1 fully saturated rings. The summed E-state index contributed by atoms with van der Waals surface area (Å²) in [5, 5.41) is 9.34. The summed E-state index contributed by atoms with van der Waals surface area (Å²) in [5.41, 5.74) is 0.211. The van der Waals surface area contributed by atoms with E-state index in [0.717, 1.165) is 0 Å². The van der Waals surface area contributed by atoms with Crippen LogP contribution in [0.1, 0.15) is 11.1 Å². The van der Waals surface area contributed by atoms with E-state index in [1.54, 1.807) is 12.1 Å². The first-order valence-corrected chi connectivity index (χ1v) is 10.4. The average Bonchev–Trinajstić information content (AvgIpc) is 2.70. The van der Waals surface area contributed by atoms with Gasteiger partial charge in [0.15, 0.2) is 0 Å². The quantitative estimate of drug-likeness (QED) is 0.759. The summed E-state index contributed by atoms with van der Waals surface area (Å²) in [5.74, 6) is -0.864. The molecule has 0 radical (unpaired) electrons. The highest BCUT2D eigenvalue weighted by atomic mass is 35.5. The third kappa shape index (κ3) is 4.02. The zero-order chi connectivity index (χ0) is 20.3. The van der Waals surface area contributed by atoms with E-state index in [-0.39, 0.29) is 59.6 Å². The van der Waals surface area contributed by atoms with Gasteiger partial charge in [0.05, 0.1) is 16.9 Å². The molecule has 6 nitrogen and oxygen atoms in total. The van der Waals surface area contributed by atoms with Gasteiger partial charge in [-0.1, -0.05) is 29.8 Å². The number of nitriles is 1. The van der Waals surface area contributed by atoms with E-state index in [1.165, 1.54) is 39.5 Å². The van der Waals surface area contributed by atoms with Crippen molar-refractivity contribution in [3.8, 4) is 6.07 Å². The van der Waals surface area contributed by atoms with Crippen molar-refractivity contribution in [1.29, 1.82) is 5.26 Å². The van der Waals surface area contributed by atoms with Crippen molar-refractivity contribution in [3.05, 3.63) is 64.4 Å². The van der Waals surface area contributed by atoms with Crippen LogP contribution >= 0.6 is 11.6 Å². The molecule has 9 heteroatoms. The normalized spacial score (nSPS) is 15.2. The van der Waals surface area contributed by atoms with Crippen LogP contribution in [0.3, 0.4) is 0 Å². The van der Waals surface area contributed by atoms with Crippen molar-refractivity contribution in [2.75, 3.05) is 26.2 Å². The average molecular weight is 422 g/mol. The Kier molecular flexibility index (Phi) is 5.98. The first-order chi connectivity index (χ1) is 13.3. The second-order valence-corrected chi connectivity index (χ2v) is 8.58. The third-order valence-electron chi connectivity index (χ3n) is 4.61. The van der Waals surface area contributed by atoms with Gasteiger partial charge in [-0.3, -0.25) is 4.79 Å². The maximum absolute atomic E-state index is 13.9. The van der Waals surface area contributed by atoms with Crippen LogP contribution in [0.2, 0.25) is 5.02 Å². The third-order valence-corrected chi connectivity index (χ3v) is 6.92. The van der Waals surface area contributed by atoms with Crippen LogP contribution in [0.25, 0.3) is 0 Å². The molecule has 0 spiro atoms. The van der Waals surface area contributed by atoms with Gasteiger partial charge in [-0.25, -0.2) is 12.8 Å². The van der Waals surface area contributed by atoms with Gasteiger partial charge in [0.25, 0.3) is 0 Å². The van der Waals surface area contributed by atoms with Gasteiger partial charge in [-0.2, -0.15) is 9.57 Å². The largest absolute Gasteiger partial charge is 0.340 e. The maximum Gasteiger partial charge on any atom is 0.244 e. The van der Waals surface area contributed by atoms with Crippen molar-refractivity contribution in [1.82, 2.24) is 9.21 Å². The van der Waals surface area contributed by atoms with E-state index in [2.05, 4.69) is 0 Å². The minimum absolute atomic E-state index is 0.0459. The highest BCUT2D eigenvalue weighted by Crippen LogP contribution is 2.23. The van der Waals surface area contributed by atoms with Crippen LogP contribution < -0.4 is 0 Å². The number of carbonyl (C=O) groups is 1. The number of rotatable bonds is 4. The number of benzene rings is 2. The predicted molar refractivity (Wildman–Crippen MR) is 102 cm³/mol. The minimum atomic E-state index is -3.83. The molecule has 0 N–H and O–H groups in total. The molecule has 28 heavy (non-hydrogen) atoms. The van der Waals surface area contributed by atoms with Crippen molar-refractivity contribution in [3.63, 3.8) is 0 Å². The topological polar surface area (TPSA) is 81.5 Å². The van der Waals surface area contributed by atoms with Gasteiger partial charge in [0.2, 0.25) is 15.9 Å². The van der Waals surface area contributed by atoms with E-state index in [1.807, 2.05) is 6.07 Å².